The molecule has 0 N–H and O–H groups in total. The number of carbonyl (C=O) groups excluding carboxylic acids is 1. The highest BCUT2D eigenvalue weighted by molar-refractivity contribution is 5.77. The second-order valence-corrected chi connectivity index (χ2v) is 4.83. The number of hydrogen-bond acceptors (Lipinski definition) is 3. The average molecular weight is 251 g/mol. The normalized spacial score (nSPS) is 16.7. The van der Waals surface area contributed by atoms with Crippen molar-refractivity contribution in [1.82, 2.24) is 4.90 Å². The van der Waals surface area contributed by atoms with Gasteiger partial charge in [-0.3, -0.25) is 4.90 Å². The Morgan fingerprint density at radius 3 is 2.67 bits per heavy atom. The minimum Gasteiger partial charge on any atom is -0.468 e. The highest BCUT2D eigenvalue weighted by atomic mass is 19.1. The average Bonchev–Trinajstić information content (AvgIpc) is 3.17. The summed E-state index contributed by atoms with van der Waals surface area (Å²) in [4.78, 5) is 13.9. The van der Waals surface area contributed by atoms with Gasteiger partial charge in [0.05, 0.1) is 7.11 Å². The van der Waals surface area contributed by atoms with Crippen molar-refractivity contribution < 1.29 is 13.9 Å². The number of aryl methyl sites for hydroxylation is 1. The zero-order valence-electron chi connectivity index (χ0n) is 10.9. The number of carbonyl (C=O) groups is 1. The van der Waals surface area contributed by atoms with Gasteiger partial charge < -0.3 is 4.74 Å². The van der Waals surface area contributed by atoms with Gasteiger partial charge in [0.2, 0.25) is 0 Å². The maximum atomic E-state index is 13.3. The van der Waals surface area contributed by atoms with E-state index in [-0.39, 0.29) is 11.8 Å². The zero-order valence-corrected chi connectivity index (χ0v) is 10.9. The number of benzene rings is 1. The van der Waals surface area contributed by atoms with Crippen LogP contribution in [0.25, 0.3) is 0 Å². The molecular weight excluding hydrogens is 233 g/mol. The number of methoxy groups -OCH3 is 1. The lowest BCUT2D eigenvalue weighted by atomic mass is 10.0. The van der Waals surface area contributed by atoms with Crippen LogP contribution >= 0.6 is 0 Å². The van der Waals surface area contributed by atoms with Crippen LogP contribution in [-0.4, -0.2) is 31.1 Å². The van der Waals surface area contributed by atoms with E-state index in [9.17, 15) is 9.18 Å². The number of esters is 1. The standard InChI is InChI=1S/C14H18FNO2/c1-9-8-10(4-7-12(9)15)13(14(17)18-3)16(2)11-5-6-11/h4,7-8,11,13H,5-6H2,1-3H3. The Morgan fingerprint density at radius 1 is 1.50 bits per heavy atom. The molecule has 98 valence electrons. The molecule has 4 heteroatoms. The van der Waals surface area contributed by atoms with E-state index >= 15 is 0 Å². The van der Waals surface area contributed by atoms with E-state index < -0.39 is 6.04 Å². The Kier molecular flexibility index (Phi) is 3.66. The molecule has 1 unspecified atom stereocenters. The van der Waals surface area contributed by atoms with Crippen LogP contribution in [0, 0.1) is 12.7 Å². The van der Waals surface area contributed by atoms with E-state index in [4.69, 9.17) is 4.74 Å². The lowest BCUT2D eigenvalue weighted by Gasteiger charge is -2.26. The van der Waals surface area contributed by atoms with Crippen LogP contribution in [-0.2, 0) is 9.53 Å². The Hall–Kier alpha value is -1.42. The quantitative estimate of drug-likeness (QED) is 0.770. The number of halogens is 1. The highest BCUT2D eigenvalue weighted by Crippen LogP contribution is 2.33. The van der Waals surface area contributed by atoms with Crippen molar-refractivity contribution in [1.29, 1.82) is 0 Å². The molecule has 2 rings (SSSR count). The predicted octanol–water partition coefficient (Wildman–Crippen LogP) is 2.44. The first-order valence-corrected chi connectivity index (χ1v) is 6.10. The fourth-order valence-corrected chi connectivity index (χ4v) is 2.18. The molecule has 1 saturated carbocycles. The fourth-order valence-electron chi connectivity index (χ4n) is 2.18. The van der Waals surface area contributed by atoms with Crippen LogP contribution in [0.2, 0.25) is 0 Å². The largest absolute Gasteiger partial charge is 0.468 e. The van der Waals surface area contributed by atoms with E-state index in [1.165, 1.54) is 13.2 Å². The molecule has 0 bridgehead atoms. The first-order chi connectivity index (χ1) is 8.54. The first-order valence-electron chi connectivity index (χ1n) is 6.10. The van der Waals surface area contributed by atoms with Gasteiger partial charge in [-0.2, -0.15) is 0 Å². The van der Waals surface area contributed by atoms with Gasteiger partial charge in [-0.25, -0.2) is 9.18 Å². The molecule has 0 aliphatic heterocycles. The second kappa shape index (κ2) is 5.06. The van der Waals surface area contributed by atoms with E-state index in [1.807, 2.05) is 11.9 Å². The summed E-state index contributed by atoms with van der Waals surface area (Å²) < 4.78 is 18.1. The van der Waals surface area contributed by atoms with E-state index in [1.54, 1.807) is 19.1 Å². The topological polar surface area (TPSA) is 29.5 Å². The molecule has 1 aromatic rings. The second-order valence-electron chi connectivity index (χ2n) is 4.83. The summed E-state index contributed by atoms with van der Waals surface area (Å²) in [5, 5.41) is 0. The molecular formula is C14H18FNO2. The maximum Gasteiger partial charge on any atom is 0.327 e. The SMILES string of the molecule is COC(=O)C(c1ccc(F)c(C)c1)N(C)C1CC1. The van der Waals surface area contributed by atoms with Crippen molar-refractivity contribution in [2.75, 3.05) is 14.2 Å². The maximum absolute atomic E-state index is 13.3. The van der Waals surface area contributed by atoms with Crippen LogP contribution < -0.4 is 0 Å². The summed E-state index contributed by atoms with van der Waals surface area (Å²) in [5.74, 6) is -0.549. The first kappa shape index (κ1) is 13.0. The summed E-state index contributed by atoms with van der Waals surface area (Å²) in [6.07, 6.45) is 2.20. The number of rotatable bonds is 4. The smallest absolute Gasteiger partial charge is 0.327 e. The lowest BCUT2D eigenvalue weighted by Crippen LogP contribution is -2.33. The molecule has 1 aliphatic carbocycles. The van der Waals surface area contributed by atoms with Crippen molar-refractivity contribution in [3.05, 3.63) is 35.1 Å². The van der Waals surface area contributed by atoms with Crippen LogP contribution in [0.3, 0.4) is 0 Å². The van der Waals surface area contributed by atoms with Gasteiger partial charge >= 0.3 is 5.97 Å². The van der Waals surface area contributed by atoms with Gasteiger partial charge in [0.15, 0.2) is 0 Å². The van der Waals surface area contributed by atoms with Gasteiger partial charge in [-0.05, 0) is 44.0 Å². The number of likely N-dealkylation sites (N-methyl/N-ethyl adjacent to an activating group) is 1. The third-order valence-electron chi connectivity index (χ3n) is 3.45. The summed E-state index contributed by atoms with van der Waals surface area (Å²) in [6.45, 7) is 1.70. The van der Waals surface area contributed by atoms with E-state index in [2.05, 4.69) is 0 Å². The Balaban J connectivity index is 2.32. The summed E-state index contributed by atoms with van der Waals surface area (Å²) in [6, 6.07) is 4.76. The predicted molar refractivity (Wildman–Crippen MR) is 66.7 cm³/mol. The van der Waals surface area contributed by atoms with Crippen molar-refractivity contribution in [3.8, 4) is 0 Å². The number of hydrogen-bond donors (Lipinski definition) is 0. The van der Waals surface area contributed by atoms with Crippen molar-refractivity contribution in [2.45, 2.75) is 31.8 Å². The Labute approximate surface area is 107 Å². The molecule has 0 heterocycles. The van der Waals surface area contributed by atoms with Gasteiger partial charge in [-0.15, -0.1) is 0 Å². The van der Waals surface area contributed by atoms with Crippen LogP contribution in [0.15, 0.2) is 18.2 Å². The molecule has 1 atom stereocenters. The third-order valence-corrected chi connectivity index (χ3v) is 3.45. The summed E-state index contributed by atoms with van der Waals surface area (Å²) in [7, 11) is 3.30. The minimum atomic E-state index is -0.443. The molecule has 0 radical (unpaired) electrons. The third kappa shape index (κ3) is 2.53. The van der Waals surface area contributed by atoms with Gasteiger partial charge in [0.1, 0.15) is 11.9 Å². The van der Waals surface area contributed by atoms with Gasteiger partial charge in [0.25, 0.3) is 0 Å². The van der Waals surface area contributed by atoms with E-state index in [0.29, 0.717) is 11.6 Å². The molecule has 1 aromatic carbocycles. The minimum absolute atomic E-state index is 0.253. The molecule has 0 aromatic heterocycles. The molecule has 0 amide bonds. The molecule has 0 spiro atoms. The molecule has 3 nitrogen and oxygen atoms in total. The van der Waals surface area contributed by atoms with Crippen molar-refractivity contribution in [2.24, 2.45) is 0 Å². The molecule has 18 heavy (non-hydrogen) atoms. The number of nitrogens with zero attached hydrogens (tertiary/aromatic N) is 1. The fraction of sp³-hybridized carbons (Fsp3) is 0.500. The number of ether oxygens (including phenoxy) is 1. The summed E-state index contributed by atoms with van der Waals surface area (Å²) >= 11 is 0. The van der Waals surface area contributed by atoms with Gasteiger partial charge in [0, 0.05) is 6.04 Å². The monoisotopic (exact) mass is 251 g/mol. The summed E-state index contributed by atoms with van der Waals surface area (Å²) in [5.41, 5.74) is 1.33. The Bertz CT molecular complexity index is 457. The van der Waals surface area contributed by atoms with Crippen LogP contribution in [0.4, 0.5) is 4.39 Å². The van der Waals surface area contributed by atoms with Crippen LogP contribution in [0.1, 0.15) is 30.0 Å². The van der Waals surface area contributed by atoms with Gasteiger partial charge in [-0.1, -0.05) is 12.1 Å². The lowest BCUT2D eigenvalue weighted by molar-refractivity contribution is -0.147. The molecule has 1 aliphatic rings. The van der Waals surface area contributed by atoms with Crippen LogP contribution in [0.5, 0.6) is 0 Å². The van der Waals surface area contributed by atoms with Crippen molar-refractivity contribution >= 4 is 5.97 Å². The Morgan fingerprint density at radius 2 is 2.17 bits per heavy atom. The molecule has 0 saturated heterocycles. The van der Waals surface area contributed by atoms with Crippen molar-refractivity contribution in [3.63, 3.8) is 0 Å². The van der Waals surface area contributed by atoms with E-state index in [0.717, 1.165) is 18.4 Å². The molecule has 1 fully saturated rings. The highest BCUT2D eigenvalue weighted by Gasteiger charge is 2.36. The zero-order chi connectivity index (χ0) is 13.3.